The second-order valence-corrected chi connectivity index (χ2v) is 8.47. The number of ketones is 1. The van der Waals surface area contributed by atoms with Crippen molar-refractivity contribution in [1.82, 2.24) is 9.55 Å². The minimum absolute atomic E-state index is 0.160. The minimum atomic E-state index is -0.486. The number of nitrogens with one attached hydrogen (secondary N) is 1. The van der Waals surface area contributed by atoms with Gasteiger partial charge in [-0.05, 0) is 44.2 Å². The lowest BCUT2D eigenvalue weighted by atomic mass is 9.95. The molecule has 2 aromatic rings. The number of H-pyrrole nitrogens is 1. The van der Waals surface area contributed by atoms with E-state index in [2.05, 4.69) is 4.98 Å². The van der Waals surface area contributed by atoms with Crippen molar-refractivity contribution in [3.63, 3.8) is 0 Å². The molecule has 0 saturated heterocycles. The average molecular weight is 383 g/mol. The molecule has 1 aromatic carbocycles. The Morgan fingerprint density at radius 2 is 1.71 bits per heavy atom. The zero-order valence-corrected chi connectivity index (χ0v) is 17.3. The Labute approximate surface area is 165 Å². The van der Waals surface area contributed by atoms with Gasteiger partial charge in [0.05, 0.1) is 0 Å². The van der Waals surface area contributed by atoms with Crippen LogP contribution in [0.15, 0.2) is 27.8 Å². The average Bonchev–Trinajstić information content (AvgIpc) is 3.12. The number of hydrogen-bond donors (Lipinski definition) is 1. The Kier molecular flexibility index (Phi) is 6.01. The van der Waals surface area contributed by atoms with Crippen LogP contribution in [0, 0.1) is 19.8 Å². The molecule has 1 fully saturated rings. The quantitative estimate of drug-likeness (QED) is 0.765. The maximum atomic E-state index is 13.5. The Hall–Kier alpha value is -2.43. The molecular formula is C23H30N2O3. The smallest absolute Gasteiger partial charge is 0.290 e. The third-order valence-electron chi connectivity index (χ3n) is 5.75. The molecule has 1 aliphatic carbocycles. The van der Waals surface area contributed by atoms with Crippen LogP contribution in [0.2, 0.25) is 0 Å². The maximum absolute atomic E-state index is 13.5. The van der Waals surface area contributed by atoms with Crippen molar-refractivity contribution in [2.75, 3.05) is 0 Å². The summed E-state index contributed by atoms with van der Waals surface area (Å²) in [5.41, 5.74) is 2.21. The minimum Gasteiger partial charge on any atom is -0.290 e. The molecule has 0 spiro atoms. The highest BCUT2D eigenvalue weighted by atomic mass is 16.2. The Morgan fingerprint density at radius 1 is 1.11 bits per heavy atom. The van der Waals surface area contributed by atoms with Gasteiger partial charge < -0.3 is 0 Å². The Bertz CT molecular complexity index is 972. The van der Waals surface area contributed by atoms with Crippen molar-refractivity contribution in [1.29, 1.82) is 0 Å². The summed E-state index contributed by atoms with van der Waals surface area (Å²) in [5.74, 6) is 0.183. The summed E-state index contributed by atoms with van der Waals surface area (Å²) >= 11 is 0. The zero-order chi connectivity index (χ0) is 20.4. The molecule has 150 valence electrons. The third kappa shape index (κ3) is 4.18. The van der Waals surface area contributed by atoms with E-state index in [0.717, 1.165) is 17.5 Å². The summed E-state index contributed by atoms with van der Waals surface area (Å²) < 4.78 is 1.51. The highest BCUT2D eigenvalue weighted by molar-refractivity contribution is 6.09. The van der Waals surface area contributed by atoms with E-state index in [1.54, 1.807) is 0 Å². The number of aromatic amines is 1. The van der Waals surface area contributed by atoms with Gasteiger partial charge in [-0.2, -0.15) is 0 Å². The first-order valence-electron chi connectivity index (χ1n) is 10.3. The fourth-order valence-corrected chi connectivity index (χ4v) is 4.43. The first-order chi connectivity index (χ1) is 13.3. The maximum Gasteiger partial charge on any atom is 0.328 e. The number of rotatable bonds is 6. The predicted octanol–water partition coefficient (Wildman–Crippen LogP) is 4.09. The van der Waals surface area contributed by atoms with Crippen LogP contribution in [-0.2, 0) is 6.54 Å². The van der Waals surface area contributed by atoms with Crippen LogP contribution in [0.25, 0.3) is 0 Å². The molecule has 0 radical (unpaired) electrons. The highest BCUT2D eigenvalue weighted by Crippen LogP contribution is 2.28. The lowest BCUT2D eigenvalue weighted by Crippen LogP contribution is -2.38. The molecule has 0 aliphatic heterocycles. The SMILES string of the molecule is Cc1cc(C)cc(C(=O)c2c(C(C)C)c(=O)[nH]c(=O)n2CCC2CCCC2)c1. The normalized spacial score (nSPS) is 14.8. The van der Waals surface area contributed by atoms with Crippen molar-refractivity contribution >= 4 is 5.78 Å². The van der Waals surface area contributed by atoms with Crippen molar-refractivity contribution < 1.29 is 4.79 Å². The van der Waals surface area contributed by atoms with Gasteiger partial charge in [0.15, 0.2) is 0 Å². The van der Waals surface area contributed by atoms with Crippen molar-refractivity contribution in [2.24, 2.45) is 5.92 Å². The summed E-state index contributed by atoms with van der Waals surface area (Å²) in [4.78, 5) is 41.1. The number of carbonyl (C=O) groups excluding carboxylic acids is 1. The largest absolute Gasteiger partial charge is 0.328 e. The zero-order valence-electron chi connectivity index (χ0n) is 17.3. The standard InChI is InChI=1S/C23H30N2O3/c1-14(2)19-20(21(26)18-12-15(3)11-16(4)13-18)25(23(28)24-22(19)27)10-9-17-7-5-6-8-17/h11-14,17H,5-10H2,1-4H3,(H,24,27,28). The molecule has 1 aromatic heterocycles. The van der Waals surface area contributed by atoms with Gasteiger partial charge in [0, 0.05) is 17.7 Å². The molecule has 0 unspecified atom stereocenters. The van der Waals surface area contributed by atoms with Crippen LogP contribution >= 0.6 is 0 Å². The van der Waals surface area contributed by atoms with Crippen LogP contribution in [0.5, 0.6) is 0 Å². The first kappa shape index (κ1) is 20.3. The molecule has 3 rings (SSSR count). The van der Waals surface area contributed by atoms with Gasteiger partial charge >= 0.3 is 5.69 Å². The lowest BCUT2D eigenvalue weighted by Gasteiger charge is -2.19. The molecule has 28 heavy (non-hydrogen) atoms. The fraction of sp³-hybridized carbons (Fsp3) is 0.522. The fourth-order valence-electron chi connectivity index (χ4n) is 4.43. The van der Waals surface area contributed by atoms with Crippen LogP contribution in [0.3, 0.4) is 0 Å². The van der Waals surface area contributed by atoms with E-state index in [1.165, 1.54) is 30.3 Å². The molecule has 0 atom stereocenters. The van der Waals surface area contributed by atoms with Gasteiger partial charge in [-0.25, -0.2) is 4.79 Å². The Balaban J connectivity index is 2.13. The van der Waals surface area contributed by atoms with E-state index in [0.29, 0.717) is 23.6 Å². The van der Waals surface area contributed by atoms with Crippen LogP contribution in [0.4, 0.5) is 0 Å². The topological polar surface area (TPSA) is 71.9 Å². The summed E-state index contributed by atoms with van der Waals surface area (Å²) in [6, 6.07) is 5.66. The van der Waals surface area contributed by atoms with Gasteiger partial charge in [0.2, 0.25) is 5.78 Å². The molecule has 1 aliphatic rings. The second kappa shape index (κ2) is 8.29. The van der Waals surface area contributed by atoms with Crippen LogP contribution in [0.1, 0.15) is 84.6 Å². The van der Waals surface area contributed by atoms with E-state index in [4.69, 9.17) is 0 Å². The van der Waals surface area contributed by atoms with Crippen molar-refractivity contribution in [2.45, 2.75) is 72.3 Å². The van der Waals surface area contributed by atoms with Crippen molar-refractivity contribution in [3.05, 3.63) is 67.0 Å². The molecule has 1 saturated carbocycles. The highest BCUT2D eigenvalue weighted by Gasteiger charge is 2.25. The third-order valence-corrected chi connectivity index (χ3v) is 5.75. The molecular weight excluding hydrogens is 352 g/mol. The van der Waals surface area contributed by atoms with E-state index in [1.807, 2.05) is 45.9 Å². The number of nitrogens with zero attached hydrogens (tertiary/aromatic N) is 1. The predicted molar refractivity (Wildman–Crippen MR) is 111 cm³/mol. The van der Waals surface area contributed by atoms with Gasteiger partial charge in [-0.3, -0.25) is 19.1 Å². The first-order valence-corrected chi connectivity index (χ1v) is 10.3. The monoisotopic (exact) mass is 382 g/mol. The molecule has 0 amide bonds. The van der Waals surface area contributed by atoms with Crippen molar-refractivity contribution in [3.8, 4) is 0 Å². The summed E-state index contributed by atoms with van der Waals surface area (Å²) in [5, 5.41) is 0. The van der Waals surface area contributed by atoms with E-state index < -0.39 is 11.2 Å². The number of carbonyl (C=O) groups is 1. The number of aryl methyl sites for hydroxylation is 2. The number of aromatic nitrogens is 2. The van der Waals surface area contributed by atoms with Crippen LogP contribution < -0.4 is 11.2 Å². The molecule has 0 bridgehead atoms. The van der Waals surface area contributed by atoms with Gasteiger partial charge in [-0.1, -0.05) is 56.7 Å². The molecule has 1 heterocycles. The molecule has 5 nitrogen and oxygen atoms in total. The van der Waals surface area contributed by atoms with Gasteiger partial charge in [-0.15, -0.1) is 0 Å². The van der Waals surface area contributed by atoms with Gasteiger partial charge in [0.1, 0.15) is 5.69 Å². The number of benzene rings is 1. The lowest BCUT2D eigenvalue weighted by molar-refractivity contribution is 0.102. The van der Waals surface area contributed by atoms with E-state index in [-0.39, 0.29) is 17.4 Å². The van der Waals surface area contributed by atoms with Gasteiger partial charge in [0.25, 0.3) is 5.56 Å². The molecule has 1 N–H and O–H groups in total. The van der Waals surface area contributed by atoms with Crippen LogP contribution in [-0.4, -0.2) is 15.3 Å². The number of hydrogen-bond acceptors (Lipinski definition) is 3. The molecule has 5 heteroatoms. The van der Waals surface area contributed by atoms with E-state index in [9.17, 15) is 14.4 Å². The summed E-state index contributed by atoms with van der Waals surface area (Å²) in [6.45, 7) is 8.12. The second-order valence-electron chi connectivity index (χ2n) is 8.47. The Morgan fingerprint density at radius 3 is 2.29 bits per heavy atom. The van der Waals surface area contributed by atoms with E-state index >= 15 is 0 Å². The summed E-state index contributed by atoms with van der Waals surface area (Å²) in [7, 11) is 0. The summed E-state index contributed by atoms with van der Waals surface area (Å²) in [6.07, 6.45) is 5.68.